The number of fused-ring (bicyclic) bond motifs is 3. The molecule has 4 rings (SSSR count). The second-order valence-electron chi connectivity index (χ2n) is 5.94. The Morgan fingerprint density at radius 2 is 1.78 bits per heavy atom. The van der Waals surface area contributed by atoms with Crippen LogP contribution >= 0.6 is 22.9 Å². The first-order valence-electron chi connectivity index (χ1n) is 7.93. The van der Waals surface area contributed by atoms with E-state index in [9.17, 15) is 18.0 Å². The number of carbonyl (C=O) groups excluding carboxylic acids is 1. The smallest absolute Gasteiger partial charge is 0.321 e. The van der Waals surface area contributed by atoms with Gasteiger partial charge in [-0.1, -0.05) is 48.0 Å². The van der Waals surface area contributed by atoms with Crippen LogP contribution < -0.4 is 5.32 Å². The number of amides is 1. The summed E-state index contributed by atoms with van der Waals surface area (Å²) in [4.78, 5) is 12.9. The van der Waals surface area contributed by atoms with Gasteiger partial charge in [-0.2, -0.15) is 13.2 Å². The highest BCUT2D eigenvalue weighted by atomic mass is 35.5. The molecule has 0 aliphatic carbocycles. The first-order valence-corrected chi connectivity index (χ1v) is 9.12. The normalized spacial score (nSPS) is 11.9. The van der Waals surface area contributed by atoms with Crippen molar-refractivity contribution in [2.24, 2.45) is 0 Å². The summed E-state index contributed by atoms with van der Waals surface area (Å²) < 4.78 is 39.4. The molecule has 0 atom stereocenters. The third kappa shape index (κ3) is 3.26. The van der Waals surface area contributed by atoms with Crippen LogP contribution in [0.25, 0.3) is 20.9 Å². The molecule has 0 saturated carbocycles. The van der Waals surface area contributed by atoms with Gasteiger partial charge >= 0.3 is 6.18 Å². The van der Waals surface area contributed by atoms with Gasteiger partial charge in [0.15, 0.2) is 0 Å². The van der Waals surface area contributed by atoms with Crippen LogP contribution in [-0.2, 0) is 6.18 Å². The Morgan fingerprint density at radius 3 is 2.56 bits per heavy atom. The number of rotatable bonds is 2. The average Bonchev–Trinajstić information content (AvgIpc) is 2.98. The number of hydrogen-bond acceptors (Lipinski definition) is 2. The highest BCUT2D eigenvalue weighted by Crippen LogP contribution is 2.40. The van der Waals surface area contributed by atoms with E-state index in [-0.39, 0.29) is 10.6 Å². The molecule has 0 saturated heterocycles. The molecule has 0 radical (unpaired) electrons. The van der Waals surface area contributed by atoms with Crippen LogP contribution in [0.3, 0.4) is 0 Å². The van der Waals surface area contributed by atoms with Crippen molar-refractivity contribution in [2.45, 2.75) is 6.18 Å². The minimum atomic E-state index is -4.48. The second kappa shape index (κ2) is 6.55. The molecule has 1 heterocycles. The fraction of sp³-hybridized carbons (Fsp3) is 0.0500. The molecule has 0 spiro atoms. The average molecular weight is 406 g/mol. The van der Waals surface area contributed by atoms with Crippen molar-refractivity contribution in [1.29, 1.82) is 0 Å². The van der Waals surface area contributed by atoms with Gasteiger partial charge in [0.1, 0.15) is 4.88 Å². The van der Waals surface area contributed by atoms with Crippen molar-refractivity contribution in [3.8, 4) is 0 Å². The third-order valence-corrected chi connectivity index (χ3v) is 5.82. The minimum Gasteiger partial charge on any atom is -0.321 e. The number of benzene rings is 3. The summed E-state index contributed by atoms with van der Waals surface area (Å²) in [5.41, 5.74) is -0.762. The predicted molar refractivity (Wildman–Crippen MR) is 104 cm³/mol. The lowest BCUT2D eigenvalue weighted by Crippen LogP contribution is -2.12. The second-order valence-corrected chi connectivity index (χ2v) is 7.37. The van der Waals surface area contributed by atoms with E-state index in [1.54, 1.807) is 0 Å². The standard InChI is InChI=1S/C20H11ClF3NOS/c21-17-16-14-7-2-1-4-11(14)8-9-15(16)27-18(17)19(26)25-13-6-3-5-12(10-13)20(22,23)24/h1-10H,(H,25,26). The van der Waals surface area contributed by atoms with Crippen LogP contribution in [0.2, 0.25) is 5.02 Å². The van der Waals surface area contributed by atoms with E-state index in [2.05, 4.69) is 5.32 Å². The zero-order valence-corrected chi connectivity index (χ0v) is 15.2. The highest BCUT2D eigenvalue weighted by Gasteiger charge is 2.30. The van der Waals surface area contributed by atoms with Crippen molar-refractivity contribution in [3.63, 3.8) is 0 Å². The number of hydrogen-bond donors (Lipinski definition) is 1. The Bertz CT molecular complexity index is 1180. The quantitative estimate of drug-likeness (QED) is 0.383. The molecule has 0 aliphatic rings. The van der Waals surface area contributed by atoms with Crippen molar-refractivity contribution < 1.29 is 18.0 Å². The molecule has 2 nitrogen and oxygen atoms in total. The van der Waals surface area contributed by atoms with Gasteiger partial charge in [-0.05, 0) is 35.0 Å². The Labute approximate surface area is 161 Å². The van der Waals surface area contributed by atoms with Gasteiger partial charge < -0.3 is 5.32 Å². The van der Waals surface area contributed by atoms with Gasteiger partial charge in [0, 0.05) is 15.8 Å². The van der Waals surface area contributed by atoms with Crippen molar-refractivity contribution in [2.75, 3.05) is 5.32 Å². The van der Waals surface area contributed by atoms with Gasteiger partial charge in [0.25, 0.3) is 5.91 Å². The predicted octanol–water partition coefficient (Wildman–Crippen LogP) is 6.98. The van der Waals surface area contributed by atoms with E-state index in [0.717, 1.165) is 33.0 Å². The van der Waals surface area contributed by atoms with Gasteiger partial charge in [-0.15, -0.1) is 11.3 Å². The Kier molecular flexibility index (Phi) is 4.32. The highest BCUT2D eigenvalue weighted by molar-refractivity contribution is 7.22. The lowest BCUT2D eigenvalue weighted by Gasteiger charge is -2.09. The summed E-state index contributed by atoms with van der Waals surface area (Å²) >= 11 is 7.68. The van der Waals surface area contributed by atoms with Gasteiger partial charge in [-0.3, -0.25) is 4.79 Å². The van der Waals surface area contributed by atoms with Crippen LogP contribution in [-0.4, -0.2) is 5.91 Å². The molecule has 0 unspecified atom stereocenters. The van der Waals surface area contributed by atoms with Gasteiger partial charge in [-0.25, -0.2) is 0 Å². The molecule has 27 heavy (non-hydrogen) atoms. The van der Waals surface area contributed by atoms with E-state index in [1.807, 2.05) is 36.4 Å². The molecule has 1 amide bonds. The van der Waals surface area contributed by atoms with Crippen molar-refractivity contribution in [3.05, 3.63) is 76.1 Å². The lowest BCUT2D eigenvalue weighted by atomic mass is 10.1. The lowest BCUT2D eigenvalue weighted by molar-refractivity contribution is -0.137. The number of nitrogens with one attached hydrogen (secondary N) is 1. The maximum absolute atomic E-state index is 12.8. The van der Waals surface area contributed by atoms with E-state index >= 15 is 0 Å². The molecule has 1 N–H and O–H groups in total. The number of halogens is 4. The largest absolute Gasteiger partial charge is 0.416 e. The van der Waals surface area contributed by atoms with Crippen molar-refractivity contribution in [1.82, 2.24) is 0 Å². The molecule has 7 heteroatoms. The van der Waals surface area contributed by atoms with Gasteiger partial charge in [0.2, 0.25) is 0 Å². The molecule has 136 valence electrons. The number of thiophene rings is 1. The van der Waals surface area contributed by atoms with Crippen LogP contribution in [0.15, 0.2) is 60.7 Å². The zero-order chi connectivity index (χ0) is 19.2. The minimum absolute atomic E-state index is 0.0632. The SMILES string of the molecule is O=C(Nc1cccc(C(F)(F)F)c1)c1sc2ccc3ccccc3c2c1Cl. The molecule has 4 aromatic rings. The third-order valence-electron chi connectivity index (χ3n) is 4.18. The summed E-state index contributed by atoms with van der Waals surface area (Å²) in [6.07, 6.45) is -4.48. The van der Waals surface area contributed by atoms with Crippen LogP contribution in [0.1, 0.15) is 15.2 Å². The van der Waals surface area contributed by atoms with E-state index in [0.29, 0.717) is 5.02 Å². The summed E-state index contributed by atoms with van der Waals surface area (Å²) in [7, 11) is 0. The van der Waals surface area contributed by atoms with E-state index < -0.39 is 17.6 Å². The van der Waals surface area contributed by atoms with Crippen molar-refractivity contribution >= 4 is 55.4 Å². The van der Waals surface area contributed by atoms with Crippen LogP contribution in [0.4, 0.5) is 18.9 Å². The molecule has 3 aromatic carbocycles. The summed E-state index contributed by atoms with van der Waals surface area (Å²) in [6, 6.07) is 16.0. The Morgan fingerprint density at radius 1 is 1.00 bits per heavy atom. The van der Waals surface area contributed by atoms with E-state index in [1.165, 1.54) is 23.5 Å². The molecular weight excluding hydrogens is 395 g/mol. The zero-order valence-electron chi connectivity index (χ0n) is 13.6. The first-order chi connectivity index (χ1) is 12.8. The summed E-state index contributed by atoms with van der Waals surface area (Å²) in [6.45, 7) is 0. The maximum Gasteiger partial charge on any atom is 0.416 e. The Balaban J connectivity index is 1.74. The first kappa shape index (κ1) is 17.8. The van der Waals surface area contributed by atoms with Crippen LogP contribution in [0.5, 0.6) is 0 Å². The molecule has 1 aromatic heterocycles. The van der Waals surface area contributed by atoms with Gasteiger partial charge in [0.05, 0.1) is 10.6 Å². The maximum atomic E-state index is 12.8. The molecule has 0 aliphatic heterocycles. The number of carbonyl (C=O) groups is 1. The molecule has 0 fully saturated rings. The number of anilines is 1. The summed E-state index contributed by atoms with van der Waals surface area (Å²) in [5.74, 6) is -0.537. The fourth-order valence-corrected chi connectivity index (χ4v) is 4.41. The number of alkyl halides is 3. The topological polar surface area (TPSA) is 29.1 Å². The molecule has 0 bridgehead atoms. The molecular formula is C20H11ClF3NOS. The Hall–Kier alpha value is -2.57. The van der Waals surface area contributed by atoms with E-state index in [4.69, 9.17) is 11.6 Å². The summed E-state index contributed by atoms with van der Waals surface area (Å²) in [5, 5.41) is 5.50. The monoisotopic (exact) mass is 405 g/mol. The van der Waals surface area contributed by atoms with Crippen LogP contribution in [0, 0.1) is 0 Å². The fourth-order valence-electron chi connectivity index (χ4n) is 2.94.